The lowest BCUT2D eigenvalue weighted by Crippen LogP contribution is -2.78. The van der Waals surface area contributed by atoms with Crippen molar-refractivity contribution in [3.63, 3.8) is 0 Å². The number of cyclic esters (lactones) is 1. The molecule has 210 valence electrons. The lowest BCUT2D eigenvalue weighted by atomic mass is 9.33. The van der Waals surface area contributed by atoms with Gasteiger partial charge in [-0.1, -0.05) is 39.8 Å². The number of esters is 3. The third-order valence-corrected chi connectivity index (χ3v) is 10.7. The van der Waals surface area contributed by atoms with E-state index in [-0.39, 0.29) is 18.6 Å². The van der Waals surface area contributed by atoms with Crippen molar-refractivity contribution in [1.82, 2.24) is 0 Å². The normalized spacial score (nSPS) is 47.7. The van der Waals surface area contributed by atoms with Crippen LogP contribution in [0, 0.1) is 39.4 Å². The Morgan fingerprint density at radius 1 is 1.00 bits per heavy atom. The third kappa shape index (κ3) is 3.10. The number of ether oxygens (including phenoxy) is 3. The van der Waals surface area contributed by atoms with E-state index < -0.39 is 87.0 Å². The van der Waals surface area contributed by atoms with Gasteiger partial charge in [0.15, 0.2) is 5.78 Å². The Morgan fingerprint density at radius 2 is 1.58 bits per heavy atom. The smallest absolute Gasteiger partial charge is 0.358 e. The molecule has 0 aromatic rings. The van der Waals surface area contributed by atoms with Crippen LogP contribution in [0.1, 0.15) is 61.3 Å². The number of aliphatic hydroxyl groups excluding tert-OH is 2. The Kier molecular flexibility index (Phi) is 6.14. The molecule has 10 unspecified atom stereocenters. The van der Waals surface area contributed by atoms with Crippen molar-refractivity contribution < 1.29 is 48.4 Å². The second-order valence-electron chi connectivity index (χ2n) is 12.9. The molecule has 10 heteroatoms. The van der Waals surface area contributed by atoms with E-state index in [2.05, 4.69) is 6.58 Å². The summed E-state index contributed by atoms with van der Waals surface area (Å²) in [6, 6.07) is 0. The molecule has 4 rings (SSSR count). The molecule has 1 saturated heterocycles. The van der Waals surface area contributed by atoms with Crippen LogP contribution in [-0.2, 0) is 38.2 Å². The number of methoxy groups -OCH3 is 1. The molecule has 10 nitrogen and oxygen atoms in total. The monoisotopic (exact) mass is 534 g/mol. The number of allylic oxidation sites excluding steroid dienone is 1. The largest absolute Gasteiger partial charge is 0.466 e. The third-order valence-electron chi connectivity index (χ3n) is 10.7. The van der Waals surface area contributed by atoms with Crippen LogP contribution in [-0.4, -0.2) is 70.7 Å². The van der Waals surface area contributed by atoms with Gasteiger partial charge in [-0.15, -0.1) is 0 Å². The summed E-state index contributed by atoms with van der Waals surface area (Å²) >= 11 is 0. The average molecular weight is 535 g/mol. The lowest BCUT2D eigenvalue weighted by molar-refractivity contribution is -0.293. The number of fused-ring (bicyclic) bond motifs is 5. The number of Topliss-reactive ketones (excluding diaryl/α,β-unsaturated/α-hetero) is 2. The summed E-state index contributed by atoms with van der Waals surface area (Å²) in [5.41, 5.74) is -7.20. The lowest BCUT2D eigenvalue weighted by Gasteiger charge is -2.71. The first-order valence-electron chi connectivity index (χ1n) is 12.9. The molecule has 2 N–H and O–H groups in total. The number of rotatable bonds is 2. The van der Waals surface area contributed by atoms with E-state index in [1.54, 1.807) is 27.7 Å². The highest BCUT2D eigenvalue weighted by Crippen LogP contribution is 2.72. The van der Waals surface area contributed by atoms with Crippen molar-refractivity contribution in [2.75, 3.05) is 7.11 Å². The zero-order chi connectivity index (χ0) is 29.0. The maximum absolute atomic E-state index is 14.1. The van der Waals surface area contributed by atoms with Gasteiger partial charge in [0.2, 0.25) is 0 Å². The summed E-state index contributed by atoms with van der Waals surface area (Å²) in [5.74, 6) is -6.46. The second-order valence-corrected chi connectivity index (χ2v) is 12.9. The molecule has 0 spiro atoms. The number of hydrogen-bond donors (Lipinski definition) is 2. The zero-order valence-electron chi connectivity index (χ0n) is 23.2. The highest BCUT2D eigenvalue weighted by molar-refractivity contribution is 6.15. The van der Waals surface area contributed by atoms with Crippen LogP contribution >= 0.6 is 0 Å². The first-order valence-corrected chi connectivity index (χ1v) is 12.9. The van der Waals surface area contributed by atoms with Gasteiger partial charge in [0.05, 0.1) is 30.7 Å². The molecule has 38 heavy (non-hydrogen) atoms. The van der Waals surface area contributed by atoms with Gasteiger partial charge in [-0.05, 0) is 26.2 Å². The van der Waals surface area contributed by atoms with E-state index in [0.717, 1.165) is 7.11 Å². The number of carbonyl (C=O) groups excluding carboxylic acids is 5. The Bertz CT molecular complexity index is 1160. The van der Waals surface area contributed by atoms with E-state index in [1.807, 2.05) is 0 Å². The summed E-state index contributed by atoms with van der Waals surface area (Å²) in [5, 5.41) is 23.3. The number of aliphatic hydroxyl groups is 2. The van der Waals surface area contributed by atoms with Crippen molar-refractivity contribution in [3.8, 4) is 0 Å². The van der Waals surface area contributed by atoms with Crippen LogP contribution in [0.3, 0.4) is 0 Å². The zero-order valence-corrected chi connectivity index (χ0v) is 23.2. The maximum atomic E-state index is 14.1. The van der Waals surface area contributed by atoms with Gasteiger partial charge >= 0.3 is 17.9 Å². The molecular weight excluding hydrogens is 496 g/mol. The van der Waals surface area contributed by atoms with E-state index >= 15 is 0 Å². The second kappa shape index (κ2) is 8.21. The van der Waals surface area contributed by atoms with Crippen LogP contribution in [0.15, 0.2) is 12.2 Å². The SMILES string of the molecule is C=C1CC2C3(C)C(O)CC(=O)C(C)(C)C3C(O)C(OC(C)=O)C2(C)C2C(=O)OC(C)(C(=O)OC)C(=O)C12C. The predicted molar refractivity (Wildman–Crippen MR) is 131 cm³/mol. The molecule has 1 heterocycles. The van der Waals surface area contributed by atoms with Crippen LogP contribution < -0.4 is 0 Å². The summed E-state index contributed by atoms with van der Waals surface area (Å²) in [6.07, 6.45) is -4.03. The summed E-state index contributed by atoms with van der Waals surface area (Å²) in [6.45, 7) is 14.9. The molecule has 0 aromatic carbocycles. The number of carbonyl (C=O) groups is 5. The van der Waals surface area contributed by atoms with E-state index in [9.17, 15) is 34.2 Å². The fourth-order valence-corrected chi connectivity index (χ4v) is 8.85. The summed E-state index contributed by atoms with van der Waals surface area (Å²) in [7, 11) is 1.08. The molecule has 1 aliphatic heterocycles. The van der Waals surface area contributed by atoms with Gasteiger partial charge in [0.1, 0.15) is 11.9 Å². The average Bonchev–Trinajstić information content (AvgIpc) is 2.80. The Hall–Kier alpha value is -2.59. The Labute approximate surface area is 222 Å². The first kappa shape index (κ1) is 28.4. The highest BCUT2D eigenvalue weighted by atomic mass is 16.6. The van der Waals surface area contributed by atoms with Gasteiger partial charge in [0, 0.05) is 35.5 Å². The van der Waals surface area contributed by atoms with Crippen molar-refractivity contribution >= 4 is 29.5 Å². The van der Waals surface area contributed by atoms with E-state index in [0.29, 0.717) is 5.57 Å². The van der Waals surface area contributed by atoms with Gasteiger partial charge < -0.3 is 24.4 Å². The van der Waals surface area contributed by atoms with Crippen LogP contribution in [0.4, 0.5) is 0 Å². The fraction of sp³-hybridized carbons (Fsp3) is 0.750. The Balaban J connectivity index is 2.01. The molecule has 0 bridgehead atoms. The molecule has 10 atom stereocenters. The molecule has 3 aliphatic carbocycles. The summed E-state index contributed by atoms with van der Waals surface area (Å²) < 4.78 is 16.1. The number of ketones is 2. The van der Waals surface area contributed by atoms with Crippen molar-refractivity contribution in [3.05, 3.63) is 12.2 Å². The molecule has 0 radical (unpaired) electrons. The molecule has 4 fully saturated rings. The molecular formula is C28H38O10. The van der Waals surface area contributed by atoms with Crippen LogP contribution in [0.5, 0.6) is 0 Å². The van der Waals surface area contributed by atoms with Crippen molar-refractivity contribution in [2.24, 2.45) is 39.4 Å². The van der Waals surface area contributed by atoms with Gasteiger partial charge in [-0.2, -0.15) is 0 Å². The van der Waals surface area contributed by atoms with Crippen molar-refractivity contribution in [2.45, 2.75) is 85.2 Å². The predicted octanol–water partition coefficient (Wildman–Crippen LogP) is 1.54. The minimum Gasteiger partial charge on any atom is -0.466 e. The highest BCUT2D eigenvalue weighted by Gasteiger charge is 2.79. The molecule has 0 aromatic heterocycles. The van der Waals surface area contributed by atoms with Gasteiger partial charge in [-0.25, -0.2) is 4.79 Å². The minimum absolute atomic E-state index is 0.110. The van der Waals surface area contributed by atoms with E-state index in [1.165, 1.54) is 20.8 Å². The van der Waals surface area contributed by atoms with Gasteiger partial charge in [0.25, 0.3) is 5.60 Å². The summed E-state index contributed by atoms with van der Waals surface area (Å²) in [4.78, 5) is 66.1. The van der Waals surface area contributed by atoms with E-state index in [4.69, 9.17) is 14.2 Å². The van der Waals surface area contributed by atoms with Crippen molar-refractivity contribution in [1.29, 1.82) is 0 Å². The number of hydrogen-bond acceptors (Lipinski definition) is 10. The maximum Gasteiger partial charge on any atom is 0.358 e. The quantitative estimate of drug-likeness (QED) is 0.231. The molecule has 0 amide bonds. The Morgan fingerprint density at radius 3 is 2.11 bits per heavy atom. The standard InChI is InChI=1S/C28H38O10/c1-12-10-14-26(6)16(31)11-15(30)24(3,4)18(26)17(32)20(37-13(2)29)27(14,7)19-21(33)38-28(8,23(35)36-9)22(34)25(12,19)5/h14,16-20,31-32H,1,10-11H2,2-9H3. The fourth-order valence-electron chi connectivity index (χ4n) is 8.85. The molecule has 3 saturated carbocycles. The topological polar surface area (TPSA) is 154 Å². The first-order chi connectivity index (χ1) is 17.3. The van der Waals surface area contributed by atoms with Gasteiger partial charge in [-0.3, -0.25) is 19.2 Å². The van der Waals surface area contributed by atoms with Crippen LogP contribution in [0.25, 0.3) is 0 Å². The minimum atomic E-state index is -2.22. The van der Waals surface area contributed by atoms with Crippen LogP contribution in [0.2, 0.25) is 0 Å². The molecule has 4 aliphatic rings.